The summed E-state index contributed by atoms with van der Waals surface area (Å²) in [5.74, 6) is 0.570. The Balaban J connectivity index is 0.000000220. The van der Waals surface area contributed by atoms with Crippen LogP contribution in [0, 0.1) is 0 Å². The highest BCUT2D eigenvalue weighted by Gasteiger charge is 2.09. The molecule has 0 radical (unpaired) electrons. The van der Waals surface area contributed by atoms with Gasteiger partial charge in [-0.3, -0.25) is 5.10 Å². The predicted molar refractivity (Wildman–Crippen MR) is 90.4 cm³/mol. The van der Waals surface area contributed by atoms with Crippen molar-refractivity contribution in [3.05, 3.63) is 30.5 Å². The van der Waals surface area contributed by atoms with Gasteiger partial charge in [0.15, 0.2) is 0 Å². The van der Waals surface area contributed by atoms with E-state index in [2.05, 4.69) is 20.2 Å². The van der Waals surface area contributed by atoms with E-state index in [9.17, 15) is 0 Å². The molecule has 1 aliphatic rings. The number of aliphatic hydroxyl groups is 1. The van der Waals surface area contributed by atoms with Crippen LogP contribution in [0.5, 0.6) is 0 Å². The fraction of sp³-hybridized carbons (Fsp3) is 0.312. The topological polar surface area (TPSA) is 127 Å². The number of aromatic amines is 1. The molecule has 2 heterocycles. The molecule has 0 atom stereocenters. The molecule has 1 saturated carbocycles. The molecule has 7 nitrogen and oxygen atoms in total. The number of benzene rings is 1. The van der Waals surface area contributed by atoms with Gasteiger partial charge >= 0.3 is 0 Å². The van der Waals surface area contributed by atoms with Crippen LogP contribution in [0.2, 0.25) is 0 Å². The molecule has 120 valence electrons. The minimum absolute atomic E-state index is 0.0463. The molecule has 4 rings (SSSR count). The molecular weight excluding hydrogens is 292 g/mol. The Labute approximate surface area is 133 Å². The quantitative estimate of drug-likeness (QED) is 0.545. The number of hydrogen-bond acceptors (Lipinski definition) is 6. The maximum absolute atomic E-state index is 8.73. The number of aromatic nitrogens is 4. The van der Waals surface area contributed by atoms with E-state index in [-0.39, 0.29) is 12.1 Å². The molecule has 2 aromatic heterocycles. The SMILES string of the molecule is Nc1nc(N)c2ccc(-c3ccn[nH]3)cc2n1.OC1CCCC1. The largest absolute Gasteiger partial charge is 0.393 e. The van der Waals surface area contributed by atoms with E-state index in [4.69, 9.17) is 16.6 Å². The summed E-state index contributed by atoms with van der Waals surface area (Å²) in [6.45, 7) is 0. The molecule has 0 aliphatic heterocycles. The van der Waals surface area contributed by atoms with Gasteiger partial charge in [0, 0.05) is 17.1 Å². The second-order valence-electron chi connectivity index (χ2n) is 5.61. The Bertz CT molecular complexity index is 781. The van der Waals surface area contributed by atoms with Crippen LogP contribution in [0.1, 0.15) is 25.7 Å². The number of nitrogens with zero attached hydrogens (tertiary/aromatic N) is 3. The molecule has 0 bridgehead atoms. The number of fused-ring (bicyclic) bond motifs is 1. The van der Waals surface area contributed by atoms with Crippen LogP contribution in [-0.2, 0) is 0 Å². The van der Waals surface area contributed by atoms with Gasteiger partial charge in [0.1, 0.15) is 5.82 Å². The Hall–Kier alpha value is -2.67. The van der Waals surface area contributed by atoms with Crippen molar-refractivity contribution in [1.82, 2.24) is 20.2 Å². The first-order valence-corrected chi connectivity index (χ1v) is 7.64. The number of anilines is 2. The minimum Gasteiger partial charge on any atom is -0.393 e. The molecule has 0 saturated heterocycles. The van der Waals surface area contributed by atoms with Gasteiger partial charge in [-0.25, -0.2) is 4.98 Å². The van der Waals surface area contributed by atoms with Crippen molar-refractivity contribution >= 4 is 22.7 Å². The average Bonchev–Trinajstić information content (AvgIpc) is 3.20. The lowest BCUT2D eigenvalue weighted by atomic mass is 10.1. The summed E-state index contributed by atoms with van der Waals surface area (Å²) in [5.41, 5.74) is 14.0. The van der Waals surface area contributed by atoms with Gasteiger partial charge < -0.3 is 16.6 Å². The van der Waals surface area contributed by atoms with E-state index in [1.807, 2.05) is 24.3 Å². The molecule has 23 heavy (non-hydrogen) atoms. The van der Waals surface area contributed by atoms with Gasteiger partial charge in [-0.15, -0.1) is 0 Å². The van der Waals surface area contributed by atoms with Crippen molar-refractivity contribution in [3.8, 4) is 11.3 Å². The lowest BCUT2D eigenvalue weighted by Crippen LogP contribution is -2.00. The highest BCUT2D eigenvalue weighted by atomic mass is 16.3. The van der Waals surface area contributed by atoms with E-state index < -0.39 is 0 Å². The molecule has 3 aromatic rings. The molecule has 1 fully saturated rings. The number of nitrogens with two attached hydrogens (primary N) is 2. The van der Waals surface area contributed by atoms with Crippen LogP contribution in [0.4, 0.5) is 11.8 Å². The van der Waals surface area contributed by atoms with Gasteiger partial charge in [-0.05, 0) is 31.0 Å². The minimum atomic E-state index is 0.0463. The van der Waals surface area contributed by atoms with Gasteiger partial charge in [0.05, 0.1) is 17.3 Å². The van der Waals surface area contributed by atoms with Crippen LogP contribution in [0.15, 0.2) is 30.5 Å². The third kappa shape index (κ3) is 3.57. The van der Waals surface area contributed by atoms with Gasteiger partial charge in [-0.2, -0.15) is 10.1 Å². The zero-order valence-electron chi connectivity index (χ0n) is 12.7. The molecule has 7 heteroatoms. The van der Waals surface area contributed by atoms with Crippen molar-refractivity contribution in [2.24, 2.45) is 0 Å². The zero-order chi connectivity index (χ0) is 16.2. The van der Waals surface area contributed by atoms with Crippen molar-refractivity contribution in [2.75, 3.05) is 11.5 Å². The number of hydrogen-bond donors (Lipinski definition) is 4. The maximum Gasteiger partial charge on any atom is 0.222 e. The number of H-pyrrole nitrogens is 1. The highest BCUT2D eigenvalue weighted by Crippen LogP contribution is 2.24. The smallest absolute Gasteiger partial charge is 0.222 e. The summed E-state index contributed by atoms with van der Waals surface area (Å²) in [4.78, 5) is 8.08. The molecule has 6 N–H and O–H groups in total. The molecule has 0 unspecified atom stereocenters. The first-order chi connectivity index (χ1) is 11.1. The third-order valence-electron chi connectivity index (χ3n) is 3.88. The second kappa shape index (κ2) is 6.62. The average molecular weight is 312 g/mol. The lowest BCUT2D eigenvalue weighted by Gasteiger charge is -2.04. The summed E-state index contributed by atoms with van der Waals surface area (Å²) >= 11 is 0. The Morgan fingerprint density at radius 1 is 1.09 bits per heavy atom. The first kappa shape index (κ1) is 15.2. The van der Waals surface area contributed by atoms with Crippen molar-refractivity contribution in [2.45, 2.75) is 31.8 Å². The van der Waals surface area contributed by atoms with E-state index in [0.717, 1.165) is 35.0 Å². The van der Waals surface area contributed by atoms with E-state index in [1.54, 1.807) is 6.20 Å². The van der Waals surface area contributed by atoms with E-state index in [0.29, 0.717) is 5.82 Å². The highest BCUT2D eigenvalue weighted by molar-refractivity contribution is 5.91. The monoisotopic (exact) mass is 312 g/mol. The number of rotatable bonds is 1. The van der Waals surface area contributed by atoms with Gasteiger partial charge in [-0.1, -0.05) is 18.9 Å². The standard InChI is InChI=1S/C11H10N6.C5H10O/c12-10-7-2-1-6(8-3-4-14-17-8)5-9(7)15-11(13)16-10;6-5-3-1-2-4-5/h1-5H,(H,14,17)(H4,12,13,15,16);5-6H,1-4H2. The molecule has 0 amide bonds. The zero-order valence-corrected chi connectivity index (χ0v) is 12.7. The van der Waals surface area contributed by atoms with E-state index in [1.165, 1.54) is 12.8 Å². The van der Waals surface area contributed by atoms with Crippen molar-refractivity contribution in [3.63, 3.8) is 0 Å². The lowest BCUT2D eigenvalue weighted by molar-refractivity contribution is 0.183. The van der Waals surface area contributed by atoms with Crippen molar-refractivity contribution < 1.29 is 5.11 Å². The number of nitrogen functional groups attached to an aromatic ring is 2. The second-order valence-corrected chi connectivity index (χ2v) is 5.61. The number of aliphatic hydroxyl groups excluding tert-OH is 1. The Kier molecular flexibility index (Phi) is 4.38. The Morgan fingerprint density at radius 2 is 1.87 bits per heavy atom. The number of nitrogens with one attached hydrogen (secondary N) is 1. The molecule has 0 spiro atoms. The van der Waals surface area contributed by atoms with Gasteiger partial charge in [0.25, 0.3) is 0 Å². The Morgan fingerprint density at radius 3 is 2.48 bits per heavy atom. The van der Waals surface area contributed by atoms with Crippen LogP contribution in [0.25, 0.3) is 22.2 Å². The fourth-order valence-corrected chi connectivity index (χ4v) is 2.66. The van der Waals surface area contributed by atoms with Crippen LogP contribution >= 0.6 is 0 Å². The summed E-state index contributed by atoms with van der Waals surface area (Å²) in [6.07, 6.45) is 6.30. The summed E-state index contributed by atoms with van der Waals surface area (Å²) < 4.78 is 0. The van der Waals surface area contributed by atoms with Crippen molar-refractivity contribution in [1.29, 1.82) is 0 Å². The van der Waals surface area contributed by atoms with Crippen LogP contribution in [0.3, 0.4) is 0 Å². The molecular formula is C16H20N6O. The summed E-state index contributed by atoms with van der Waals surface area (Å²) in [7, 11) is 0. The van der Waals surface area contributed by atoms with Gasteiger partial charge in [0.2, 0.25) is 5.95 Å². The maximum atomic E-state index is 8.73. The molecule has 1 aromatic carbocycles. The fourth-order valence-electron chi connectivity index (χ4n) is 2.66. The predicted octanol–water partition coefficient (Wildman–Crippen LogP) is 2.11. The summed E-state index contributed by atoms with van der Waals surface area (Å²) in [6, 6.07) is 7.60. The van der Waals surface area contributed by atoms with Crippen LogP contribution < -0.4 is 11.5 Å². The van der Waals surface area contributed by atoms with Crippen LogP contribution in [-0.4, -0.2) is 31.4 Å². The molecule has 1 aliphatic carbocycles. The summed E-state index contributed by atoms with van der Waals surface area (Å²) in [5, 5.41) is 16.3. The normalized spacial score (nSPS) is 14.7. The van der Waals surface area contributed by atoms with E-state index >= 15 is 0 Å². The third-order valence-corrected chi connectivity index (χ3v) is 3.88. The first-order valence-electron chi connectivity index (χ1n) is 7.64.